The van der Waals surface area contributed by atoms with Gasteiger partial charge in [-0.3, -0.25) is 24.2 Å². The first kappa shape index (κ1) is 22.6. The second-order valence-electron chi connectivity index (χ2n) is 5.87. The third kappa shape index (κ3) is 7.01. The van der Waals surface area contributed by atoms with E-state index in [0.29, 0.717) is 19.0 Å². The van der Waals surface area contributed by atoms with Crippen LogP contribution in [0.5, 0.6) is 0 Å². The molecule has 3 aliphatic rings. The molecule has 0 aromatic rings. The number of carbonyl (C=O) groups is 3. The van der Waals surface area contributed by atoms with Crippen molar-refractivity contribution in [3.63, 3.8) is 0 Å². The van der Waals surface area contributed by atoms with E-state index in [4.69, 9.17) is 4.74 Å². The zero-order valence-electron chi connectivity index (χ0n) is 16.2. The molecule has 0 unspecified atom stereocenters. The molecule has 0 radical (unpaired) electrons. The second-order valence-corrected chi connectivity index (χ2v) is 7.04. The van der Waals surface area contributed by atoms with Crippen LogP contribution in [0.25, 0.3) is 0 Å². The van der Waals surface area contributed by atoms with Gasteiger partial charge in [-0.05, 0) is 6.58 Å². The maximum absolute atomic E-state index is 10.7. The predicted octanol–water partition coefficient (Wildman–Crippen LogP) is 1.30. The van der Waals surface area contributed by atoms with E-state index in [9.17, 15) is 14.4 Å². The first-order valence-electron chi connectivity index (χ1n) is 8.55. The molecule has 0 atom stereocenters. The highest BCUT2D eigenvalue weighted by Gasteiger charge is 2.19. The molecule has 0 spiro atoms. The Morgan fingerprint density at radius 2 is 1.52 bits per heavy atom. The molecule has 27 heavy (non-hydrogen) atoms. The zero-order chi connectivity index (χ0) is 20.6. The van der Waals surface area contributed by atoms with E-state index in [-0.39, 0.29) is 17.7 Å². The van der Waals surface area contributed by atoms with Crippen LogP contribution in [0.4, 0.5) is 0 Å². The highest BCUT2D eigenvalue weighted by atomic mass is 32.2. The van der Waals surface area contributed by atoms with Gasteiger partial charge >= 0.3 is 0 Å². The third-order valence-electron chi connectivity index (χ3n) is 3.90. The van der Waals surface area contributed by atoms with Crippen LogP contribution in [-0.2, 0) is 19.1 Å². The van der Waals surface area contributed by atoms with E-state index in [1.54, 1.807) is 28.5 Å². The SMILES string of the molecule is C=C1NCCN1C(C)=O.C=C1OCCN1C(C)=O.C=C1SCCN1C(C)=O. The van der Waals surface area contributed by atoms with Gasteiger partial charge in [-0.15, -0.1) is 11.8 Å². The third-order valence-corrected chi connectivity index (χ3v) is 4.84. The van der Waals surface area contributed by atoms with Gasteiger partial charge in [-0.2, -0.15) is 0 Å². The second kappa shape index (κ2) is 10.7. The van der Waals surface area contributed by atoms with Crippen LogP contribution in [0.3, 0.4) is 0 Å². The molecule has 9 heteroatoms. The number of nitrogens with one attached hydrogen (secondary N) is 1. The molecule has 3 fully saturated rings. The predicted molar refractivity (Wildman–Crippen MR) is 106 cm³/mol. The Morgan fingerprint density at radius 3 is 1.74 bits per heavy atom. The van der Waals surface area contributed by atoms with Crippen molar-refractivity contribution in [1.82, 2.24) is 20.0 Å². The minimum atomic E-state index is -0.00231. The average molecular weight is 397 g/mol. The summed E-state index contributed by atoms with van der Waals surface area (Å²) in [5.74, 6) is 2.36. The summed E-state index contributed by atoms with van der Waals surface area (Å²) in [6.07, 6.45) is 0. The normalized spacial score (nSPS) is 18.2. The quantitative estimate of drug-likeness (QED) is 0.665. The summed E-state index contributed by atoms with van der Waals surface area (Å²) >= 11 is 1.64. The lowest BCUT2D eigenvalue weighted by Crippen LogP contribution is -2.24. The van der Waals surface area contributed by atoms with Crippen molar-refractivity contribution in [3.05, 3.63) is 36.5 Å². The minimum absolute atomic E-state index is 0.00231. The molecule has 0 aromatic carbocycles. The Balaban J connectivity index is 0.000000202. The Hall–Kier alpha value is -2.42. The van der Waals surface area contributed by atoms with Gasteiger partial charge in [0.25, 0.3) is 0 Å². The Labute approximate surface area is 164 Å². The van der Waals surface area contributed by atoms with Crippen molar-refractivity contribution >= 4 is 29.5 Å². The van der Waals surface area contributed by atoms with Crippen LogP contribution in [0.2, 0.25) is 0 Å². The first-order chi connectivity index (χ1) is 12.6. The fourth-order valence-electron chi connectivity index (χ4n) is 2.47. The van der Waals surface area contributed by atoms with Crippen molar-refractivity contribution in [2.24, 2.45) is 0 Å². The average Bonchev–Trinajstić information content (AvgIpc) is 3.29. The van der Waals surface area contributed by atoms with Crippen LogP contribution in [0.15, 0.2) is 36.5 Å². The van der Waals surface area contributed by atoms with Crippen LogP contribution in [-0.4, -0.2) is 71.0 Å². The molecule has 3 heterocycles. The summed E-state index contributed by atoms with van der Waals surface area (Å²) in [6.45, 7) is 19.2. The lowest BCUT2D eigenvalue weighted by molar-refractivity contribution is -0.127. The molecule has 3 rings (SSSR count). The number of rotatable bonds is 0. The highest BCUT2D eigenvalue weighted by molar-refractivity contribution is 8.03. The van der Waals surface area contributed by atoms with Gasteiger partial charge in [0.15, 0.2) is 5.88 Å². The zero-order valence-corrected chi connectivity index (χ0v) is 17.1. The van der Waals surface area contributed by atoms with Crippen molar-refractivity contribution in [2.45, 2.75) is 20.8 Å². The largest absolute Gasteiger partial charge is 0.477 e. The van der Waals surface area contributed by atoms with E-state index in [1.807, 2.05) is 0 Å². The number of ether oxygens (including phenoxy) is 1. The van der Waals surface area contributed by atoms with Gasteiger partial charge in [0, 0.05) is 46.2 Å². The number of carbonyl (C=O) groups excluding carboxylic acids is 3. The number of hydrogen-bond donors (Lipinski definition) is 1. The molecule has 3 aliphatic heterocycles. The van der Waals surface area contributed by atoms with Crippen molar-refractivity contribution in [1.29, 1.82) is 0 Å². The maximum Gasteiger partial charge on any atom is 0.226 e. The summed E-state index contributed by atoms with van der Waals surface area (Å²) in [6, 6.07) is 0. The van der Waals surface area contributed by atoms with E-state index < -0.39 is 0 Å². The molecular formula is C18H28N4O4S. The summed E-state index contributed by atoms with van der Waals surface area (Å²) in [5.41, 5.74) is 0. The lowest BCUT2D eigenvalue weighted by Gasteiger charge is -2.11. The molecule has 3 amide bonds. The van der Waals surface area contributed by atoms with E-state index >= 15 is 0 Å². The molecule has 0 aliphatic carbocycles. The van der Waals surface area contributed by atoms with Crippen LogP contribution < -0.4 is 5.32 Å². The fourth-order valence-corrected chi connectivity index (χ4v) is 3.36. The van der Waals surface area contributed by atoms with Crippen LogP contribution >= 0.6 is 11.8 Å². The Morgan fingerprint density at radius 1 is 0.926 bits per heavy atom. The minimum Gasteiger partial charge on any atom is -0.477 e. The number of hydrogen-bond acceptors (Lipinski definition) is 6. The monoisotopic (exact) mass is 396 g/mol. The van der Waals surface area contributed by atoms with Crippen LogP contribution in [0, 0.1) is 0 Å². The van der Waals surface area contributed by atoms with E-state index in [0.717, 1.165) is 36.2 Å². The first-order valence-corrected chi connectivity index (χ1v) is 9.54. The summed E-state index contributed by atoms with van der Waals surface area (Å²) < 4.78 is 4.94. The summed E-state index contributed by atoms with van der Waals surface area (Å²) in [7, 11) is 0. The highest BCUT2D eigenvalue weighted by Crippen LogP contribution is 2.25. The number of amides is 3. The topological polar surface area (TPSA) is 82.2 Å². The molecule has 150 valence electrons. The number of nitrogens with zero attached hydrogens (tertiary/aromatic N) is 3. The van der Waals surface area contributed by atoms with Crippen molar-refractivity contribution in [2.75, 3.05) is 38.5 Å². The molecule has 0 saturated carbocycles. The molecule has 0 aromatic heterocycles. The Kier molecular flexibility index (Phi) is 8.93. The maximum atomic E-state index is 10.7. The number of thioether (sulfide) groups is 1. The standard InChI is InChI=1S/C6H10N2O.C6H9NO2.C6H9NOS/c1-5-7-3-4-8(5)6(2)9;2*1-5(8)7-3-4-9-6(7)2/h7H,1,3-4H2,2H3;2*2-4H2,1H3. The molecular weight excluding hydrogens is 368 g/mol. The van der Waals surface area contributed by atoms with Crippen molar-refractivity contribution in [3.8, 4) is 0 Å². The van der Waals surface area contributed by atoms with Gasteiger partial charge < -0.3 is 15.0 Å². The lowest BCUT2D eigenvalue weighted by atomic mass is 10.5. The van der Waals surface area contributed by atoms with Crippen LogP contribution in [0.1, 0.15) is 20.8 Å². The molecule has 1 N–H and O–H groups in total. The van der Waals surface area contributed by atoms with E-state index in [2.05, 4.69) is 25.1 Å². The van der Waals surface area contributed by atoms with E-state index in [1.165, 1.54) is 18.7 Å². The fraction of sp³-hybridized carbons (Fsp3) is 0.500. The summed E-state index contributed by atoms with van der Waals surface area (Å²) in [4.78, 5) is 36.9. The van der Waals surface area contributed by atoms with Gasteiger partial charge in [0.1, 0.15) is 12.4 Å². The smallest absolute Gasteiger partial charge is 0.226 e. The summed E-state index contributed by atoms with van der Waals surface area (Å²) in [5, 5.41) is 3.85. The molecule has 8 nitrogen and oxygen atoms in total. The molecule has 0 bridgehead atoms. The Bertz CT molecular complexity index is 549. The van der Waals surface area contributed by atoms with Gasteiger partial charge in [0.2, 0.25) is 17.7 Å². The van der Waals surface area contributed by atoms with Crippen molar-refractivity contribution < 1.29 is 19.1 Å². The van der Waals surface area contributed by atoms with Gasteiger partial charge in [-0.1, -0.05) is 13.2 Å². The van der Waals surface area contributed by atoms with Gasteiger partial charge in [-0.25, -0.2) is 0 Å². The van der Waals surface area contributed by atoms with Gasteiger partial charge in [0.05, 0.1) is 11.6 Å². The molecule has 3 saturated heterocycles.